The van der Waals surface area contributed by atoms with Crippen molar-refractivity contribution in [3.05, 3.63) is 75.5 Å². The zero-order valence-corrected chi connectivity index (χ0v) is 16.4. The van der Waals surface area contributed by atoms with E-state index in [4.69, 9.17) is 4.84 Å². The van der Waals surface area contributed by atoms with Crippen molar-refractivity contribution in [1.82, 2.24) is 0 Å². The van der Waals surface area contributed by atoms with Crippen LogP contribution in [-0.2, 0) is 9.63 Å². The molecule has 0 spiro atoms. The van der Waals surface area contributed by atoms with Crippen LogP contribution in [-0.4, -0.2) is 11.7 Å². The minimum atomic E-state index is -0.408. The normalized spacial score (nSPS) is 22.4. The first kappa shape index (κ1) is 17.7. The minimum absolute atomic E-state index is 0.397. The Labute approximate surface area is 163 Å². The number of thiophene rings is 1. The van der Waals surface area contributed by atoms with Crippen LogP contribution in [0.3, 0.4) is 0 Å². The molecule has 1 heterocycles. The van der Waals surface area contributed by atoms with Crippen molar-refractivity contribution in [3.63, 3.8) is 0 Å². The molecular weight excluding hydrogens is 354 g/mol. The molecule has 0 radical (unpaired) electrons. The zero-order valence-electron chi connectivity index (χ0n) is 15.6. The second kappa shape index (κ2) is 7.12. The van der Waals surface area contributed by atoms with E-state index in [2.05, 4.69) is 66.7 Å². The van der Waals surface area contributed by atoms with Gasteiger partial charge in [-0.1, -0.05) is 54.6 Å². The van der Waals surface area contributed by atoms with Crippen molar-refractivity contribution in [2.24, 2.45) is 17.0 Å². The van der Waals surface area contributed by atoms with Gasteiger partial charge >= 0.3 is 5.97 Å². The fourth-order valence-corrected chi connectivity index (χ4v) is 4.72. The van der Waals surface area contributed by atoms with Crippen LogP contribution in [0.4, 0.5) is 0 Å². The summed E-state index contributed by atoms with van der Waals surface area (Å²) < 4.78 is 0. The Bertz CT molecular complexity index is 1020. The summed E-state index contributed by atoms with van der Waals surface area (Å²) >= 11 is 1.66. The van der Waals surface area contributed by atoms with E-state index < -0.39 is 5.97 Å². The van der Waals surface area contributed by atoms with Crippen LogP contribution in [0.5, 0.6) is 0 Å². The van der Waals surface area contributed by atoms with Crippen LogP contribution in [0.25, 0.3) is 17.2 Å². The molecule has 0 N–H and O–H groups in total. The highest BCUT2D eigenvalue weighted by Crippen LogP contribution is 2.51. The number of nitrogens with zero attached hydrogens (tertiary/aromatic N) is 1. The molecule has 0 fully saturated rings. The van der Waals surface area contributed by atoms with Crippen molar-refractivity contribution >= 4 is 40.2 Å². The molecule has 0 aliphatic heterocycles. The molecule has 2 aliphatic rings. The topological polar surface area (TPSA) is 38.7 Å². The summed E-state index contributed by atoms with van der Waals surface area (Å²) in [7, 11) is 0. The summed E-state index contributed by atoms with van der Waals surface area (Å²) in [5, 5.41) is 3.89. The molecule has 2 unspecified atom stereocenters. The van der Waals surface area contributed by atoms with E-state index in [1.165, 1.54) is 34.1 Å². The fraction of sp³-hybridized carbons (Fsp3) is 0.217. The van der Waals surface area contributed by atoms with Crippen LogP contribution >= 0.6 is 11.3 Å². The SMILES string of the molecule is CC(=O)O/N=C(\C)c1ccc(/C=C2/c3ccccc3C3=CC=CC(C)C32)s1. The maximum absolute atomic E-state index is 11.0. The molecule has 4 rings (SSSR count). The van der Waals surface area contributed by atoms with E-state index >= 15 is 0 Å². The highest BCUT2D eigenvalue weighted by atomic mass is 32.1. The van der Waals surface area contributed by atoms with E-state index in [1.807, 2.05) is 13.0 Å². The number of hydrogen-bond donors (Lipinski definition) is 0. The first-order valence-corrected chi connectivity index (χ1v) is 9.88. The number of allylic oxidation sites excluding steroid dienone is 5. The van der Waals surface area contributed by atoms with Crippen LogP contribution in [0.1, 0.15) is 41.7 Å². The molecule has 4 heteroatoms. The van der Waals surface area contributed by atoms with Gasteiger partial charge in [-0.05, 0) is 53.3 Å². The van der Waals surface area contributed by atoms with Crippen LogP contribution < -0.4 is 0 Å². The Morgan fingerprint density at radius 2 is 1.93 bits per heavy atom. The highest BCUT2D eigenvalue weighted by molar-refractivity contribution is 7.15. The third-order valence-corrected chi connectivity index (χ3v) is 6.17. The van der Waals surface area contributed by atoms with Gasteiger partial charge in [0.1, 0.15) is 0 Å². The summed E-state index contributed by atoms with van der Waals surface area (Å²) in [5.41, 5.74) is 6.16. The third-order valence-electron chi connectivity index (χ3n) is 5.03. The van der Waals surface area contributed by atoms with Gasteiger partial charge in [-0.2, -0.15) is 0 Å². The van der Waals surface area contributed by atoms with Crippen molar-refractivity contribution < 1.29 is 9.63 Å². The molecule has 27 heavy (non-hydrogen) atoms. The van der Waals surface area contributed by atoms with Gasteiger partial charge in [-0.3, -0.25) is 0 Å². The summed E-state index contributed by atoms with van der Waals surface area (Å²) in [5.74, 6) is 0.457. The van der Waals surface area contributed by atoms with Crippen LogP contribution in [0.15, 0.2) is 59.8 Å². The molecular formula is C23H21NO2S. The second-order valence-corrected chi connectivity index (χ2v) is 8.07. The van der Waals surface area contributed by atoms with Crippen molar-refractivity contribution in [3.8, 4) is 0 Å². The Morgan fingerprint density at radius 1 is 1.15 bits per heavy atom. The minimum Gasteiger partial charge on any atom is -0.318 e. The fourth-order valence-electron chi connectivity index (χ4n) is 3.82. The van der Waals surface area contributed by atoms with Gasteiger partial charge in [0.25, 0.3) is 0 Å². The highest BCUT2D eigenvalue weighted by Gasteiger charge is 2.35. The third kappa shape index (κ3) is 3.33. The largest absolute Gasteiger partial charge is 0.331 e. The van der Waals surface area contributed by atoms with Gasteiger partial charge in [0.2, 0.25) is 0 Å². The maximum Gasteiger partial charge on any atom is 0.331 e. The number of carbonyl (C=O) groups excluding carboxylic acids is 1. The monoisotopic (exact) mass is 375 g/mol. The molecule has 3 nitrogen and oxygen atoms in total. The molecule has 2 aliphatic carbocycles. The van der Waals surface area contributed by atoms with Gasteiger partial charge in [0, 0.05) is 17.7 Å². The lowest BCUT2D eigenvalue weighted by Gasteiger charge is -2.22. The second-order valence-electron chi connectivity index (χ2n) is 6.95. The van der Waals surface area contributed by atoms with E-state index in [0.717, 1.165) is 4.88 Å². The van der Waals surface area contributed by atoms with Gasteiger partial charge < -0.3 is 4.84 Å². The van der Waals surface area contributed by atoms with E-state index in [1.54, 1.807) is 11.3 Å². The molecule has 1 aromatic heterocycles. The quantitative estimate of drug-likeness (QED) is 0.387. The molecule has 0 saturated heterocycles. The lowest BCUT2D eigenvalue weighted by molar-refractivity contribution is -0.140. The summed E-state index contributed by atoms with van der Waals surface area (Å²) in [4.78, 5) is 17.9. The predicted molar refractivity (Wildman–Crippen MR) is 112 cm³/mol. The standard InChI is InChI=1S/C23H21NO2S/c1-14-7-6-10-20-18-8-4-5-9-19(18)21(23(14)20)13-17-11-12-22(27-17)15(2)24-26-16(3)25/h4-14,23H,1-3H3/b21-13-,24-15+. The number of fused-ring (bicyclic) bond motifs is 3. The summed E-state index contributed by atoms with van der Waals surface area (Å²) in [6.45, 7) is 5.48. The van der Waals surface area contributed by atoms with Gasteiger partial charge in [-0.25, -0.2) is 4.79 Å². The molecule has 0 bridgehead atoms. The van der Waals surface area contributed by atoms with Crippen LogP contribution in [0, 0.1) is 11.8 Å². The van der Waals surface area contributed by atoms with E-state index in [9.17, 15) is 4.79 Å². The Kier molecular flexibility index (Phi) is 4.66. The molecule has 136 valence electrons. The van der Waals surface area contributed by atoms with E-state index in [-0.39, 0.29) is 0 Å². The van der Waals surface area contributed by atoms with Gasteiger partial charge in [-0.15, -0.1) is 11.3 Å². The maximum atomic E-state index is 11.0. The smallest absolute Gasteiger partial charge is 0.318 e. The number of carbonyl (C=O) groups is 1. The van der Waals surface area contributed by atoms with Gasteiger partial charge in [0.05, 0.1) is 10.6 Å². The molecule has 0 saturated carbocycles. The molecule has 2 aromatic rings. The Morgan fingerprint density at radius 3 is 2.70 bits per heavy atom. The van der Waals surface area contributed by atoms with Crippen LogP contribution in [0.2, 0.25) is 0 Å². The Balaban J connectivity index is 1.72. The zero-order chi connectivity index (χ0) is 19.0. The van der Waals surface area contributed by atoms with Crippen molar-refractivity contribution in [2.75, 3.05) is 0 Å². The Hall–Kier alpha value is -2.72. The van der Waals surface area contributed by atoms with Crippen molar-refractivity contribution in [2.45, 2.75) is 20.8 Å². The summed E-state index contributed by atoms with van der Waals surface area (Å²) in [6.07, 6.45) is 9.01. The number of oxime groups is 1. The average molecular weight is 375 g/mol. The van der Waals surface area contributed by atoms with E-state index in [0.29, 0.717) is 17.5 Å². The molecule has 2 atom stereocenters. The molecule has 1 aromatic carbocycles. The average Bonchev–Trinajstić information content (AvgIpc) is 3.25. The first-order valence-electron chi connectivity index (χ1n) is 9.06. The number of rotatable bonds is 3. The predicted octanol–water partition coefficient (Wildman–Crippen LogP) is 5.79. The van der Waals surface area contributed by atoms with Gasteiger partial charge in [0.15, 0.2) is 0 Å². The summed E-state index contributed by atoms with van der Waals surface area (Å²) in [6, 6.07) is 12.8. The number of hydrogen-bond acceptors (Lipinski definition) is 4. The first-order chi connectivity index (χ1) is 13.0. The molecule has 0 amide bonds. The van der Waals surface area contributed by atoms with Crippen molar-refractivity contribution in [1.29, 1.82) is 0 Å². The number of benzene rings is 1. The lowest BCUT2D eigenvalue weighted by Crippen LogP contribution is -2.10. The lowest BCUT2D eigenvalue weighted by atomic mass is 9.81.